The number of aromatic hydroxyl groups is 1. The summed E-state index contributed by atoms with van der Waals surface area (Å²) in [6.07, 6.45) is 8.56. The van der Waals surface area contributed by atoms with E-state index in [1.54, 1.807) is 0 Å². The number of benzene rings is 1. The number of aliphatic carboxylic acids is 1. The fourth-order valence-electron chi connectivity index (χ4n) is 6.44. The molecule has 1 heterocycles. The number of aliphatic hydroxyl groups excluding tert-OH is 1. The van der Waals surface area contributed by atoms with Crippen molar-refractivity contribution in [3.8, 4) is 5.75 Å². The van der Waals surface area contributed by atoms with Crippen molar-refractivity contribution in [1.82, 2.24) is 5.32 Å². The van der Waals surface area contributed by atoms with E-state index in [4.69, 9.17) is 5.11 Å². The molecule has 3 aliphatic carbocycles. The molecule has 1 unspecified atom stereocenters. The lowest BCUT2D eigenvalue weighted by molar-refractivity contribution is -0.139. The van der Waals surface area contributed by atoms with Crippen molar-refractivity contribution in [3.05, 3.63) is 29.3 Å². The van der Waals surface area contributed by atoms with Crippen LogP contribution in [0.4, 0.5) is 0 Å². The zero-order valence-corrected chi connectivity index (χ0v) is 16.7. The highest BCUT2D eigenvalue weighted by molar-refractivity contribution is 5.73. The molecule has 3 fully saturated rings. The number of carbonyl (C=O) groups is 1. The van der Waals surface area contributed by atoms with Crippen LogP contribution in [0, 0.1) is 17.3 Å². The van der Waals surface area contributed by atoms with Gasteiger partial charge in [-0.05, 0) is 104 Å². The lowest BCUT2D eigenvalue weighted by Gasteiger charge is -2.50. The third-order valence-corrected chi connectivity index (χ3v) is 8.02. The highest BCUT2D eigenvalue weighted by atomic mass is 16.4. The van der Waals surface area contributed by atoms with Crippen LogP contribution in [0.5, 0.6) is 5.75 Å². The minimum absolute atomic E-state index is 0.0883. The molecule has 0 aromatic heterocycles. The van der Waals surface area contributed by atoms with Crippen LogP contribution in [-0.4, -0.2) is 40.0 Å². The van der Waals surface area contributed by atoms with Crippen molar-refractivity contribution < 1.29 is 20.1 Å². The highest BCUT2D eigenvalue weighted by Crippen LogP contribution is 2.60. The summed E-state index contributed by atoms with van der Waals surface area (Å²) in [6.45, 7) is 3.18. The zero-order valence-electron chi connectivity index (χ0n) is 16.7. The summed E-state index contributed by atoms with van der Waals surface area (Å²) >= 11 is 0. The average Bonchev–Trinajstić information content (AvgIpc) is 3.31. The first-order valence-corrected chi connectivity index (χ1v) is 10.9. The van der Waals surface area contributed by atoms with Crippen LogP contribution < -0.4 is 5.32 Å². The molecule has 6 atom stereocenters. The van der Waals surface area contributed by atoms with Crippen molar-refractivity contribution in [2.45, 2.75) is 76.4 Å². The molecule has 1 saturated heterocycles. The maximum atomic E-state index is 10.4. The largest absolute Gasteiger partial charge is 0.508 e. The van der Waals surface area contributed by atoms with Crippen molar-refractivity contribution in [1.29, 1.82) is 0 Å². The van der Waals surface area contributed by atoms with E-state index < -0.39 is 5.97 Å². The maximum absolute atomic E-state index is 10.4. The Kier molecular flexibility index (Phi) is 5.41. The molecule has 4 N–H and O–H groups in total. The van der Waals surface area contributed by atoms with Crippen LogP contribution in [0.3, 0.4) is 0 Å². The third kappa shape index (κ3) is 3.43. The van der Waals surface area contributed by atoms with E-state index in [1.165, 1.54) is 30.4 Å². The summed E-state index contributed by atoms with van der Waals surface area (Å²) in [5.74, 6) is 1.77. The number of fused-ring (bicyclic) bond motifs is 5. The standard InChI is InChI=1S/C18H24O2.C5H9NO2/c1-18-9-8-14-13-5-3-12(19)10-11(13)2-4-15(14)16(18)6-7-17(18)20;7-5(8)4-2-1-3-6-4/h3,5,10,14-17,19-20H,2,4,6-9H2,1H3;4,6H,1-3H2,(H,7,8)/t14-,15-,16+,17+,18+;/m1./s1. The van der Waals surface area contributed by atoms with Crippen LogP contribution >= 0.6 is 0 Å². The second kappa shape index (κ2) is 7.68. The van der Waals surface area contributed by atoms with Gasteiger partial charge < -0.3 is 20.6 Å². The Morgan fingerprint density at radius 3 is 2.68 bits per heavy atom. The van der Waals surface area contributed by atoms with E-state index in [0.717, 1.165) is 44.6 Å². The number of aliphatic hydroxyl groups is 1. The molecule has 4 aliphatic rings. The fraction of sp³-hybridized carbons (Fsp3) is 0.696. The van der Waals surface area contributed by atoms with Crippen LogP contribution in [0.15, 0.2) is 18.2 Å². The van der Waals surface area contributed by atoms with E-state index in [9.17, 15) is 15.0 Å². The molecule has 0 amide bonds. The van der Waals surface area contributed by atoms with Gasteiger partial charge in [0.25, 0.3) is 0 Å². The molecule has 1 aromatic rings. The van der Waals surface area contributed by atoms with E-state index >= 15 is 0 Å². The summed E-state index contributed by atoms with van der Waals surface area (Å²) in [6, 6.07) is 5.69. The molecule has 28 heavy (non-hydrogen) atoms. The summed E-state index contributed by atoms with van der Waals surface area (Å²) in [5, 5.41) is 31.3. The predicted molar refractivity (Wildman–Crippen MR) is 107 cm³/mol. The average molecular weight is 388 g/mol. The van der Waals surface area contributed by atoms with Gasteiger partial charge in [-0.1, -0.05) is 13.0 Å². The SMILES string of the molecule is C[C@]12CC[C@@H]3c4ccc(O)cc4CC[C@H]3[C@@H]1CC[C@@H]2O.O=C(O)C1CCCN1. The quantitative estimate of drug-likeness (QED) is 0.593. The Hall–Kier alpha value is -1.59. The molecule has 0 radical (unpaired) electrons. The second-order valence-electron chi connectivity index (χ2n) is 9.42. The summed E-state index contributed by atoms with van der Waals surface area (Å²) in [4.78, 5) is 10.1. The summed E-state index contributed by atoms with van der Waals surface area (Å²) in [7, 11) is 0. The Morgan fingerprint density at radius 1 is 1.18 bits per heavy atom. The van der Waals surface area contributed by atoms with Crippen molar-refractivity contribution >= 4 is 5.97 Å². The van der Waals surface area contributed by atoms with Gasteiger partial charge in [-0.2, -0.15) is 0 Å². The Labute approximate surface area is 167 Å². The van der Waals surface area contributed by atoms with E-state index in [2.05, 4.69) is 18.3 Å². The molecule has 0 spiro atoms. The summed E-state index contributed by atoms with van der Waals surface area (Å²) in [5.41, 5.74) is 2.99. The van der Waals surface area contributed by atoms with Crippen molar-refractivity contribution in [3.63, 3.8) is 0 Å². The molecular formula is C23H33NO4. The molecule has 1 aliphatic heterocycles. The number of nitrogens with one attached hydrogen (secondary N) is 1. The number of hydrogen-bond donors (Lipinski definition) is 4. The topological polar surface area (TPSA) is 89.8 Å². The third-order valence-electron chi connectivity index (χ3n) is 8.02. The second-order valence-corrected chi connectivity index (χ2v) is 9.42. The smallest absolute Gasteiger partial charge is 0.320 e. The monoisotopic (exact) mass is 387 g/mol. The van der Waals surface area contributed by atoms with Crippen molar-refractivity contribution in [2.24, 2.45) is 17.3 Å². The first kappa shape index (κ1) is 19.7. The number of rotatable bonds is 1. The molecular weight excluding hydrogens is 354 g/mol. The zero-order chi connectivity index (χ0) is 19.9. The molecule has 5 rings (SSSR count). The van der Waals surface area contributed by atoms with Gasteiger partial charge in [0, 0.05) is 0 Å². The minimum Gasteiger partial charge on any atom is -0.508 e. The minimum atomic E-state index is -0.720. The first-order valence-electron chi connectivity index (χ1n) is 10.9. The number of phenols is 1. The van der Waals surface area contributed by atoms with Gasteiger partial charge in [0.15, 0.2) is 0 Å². The summed E-state index contributed by atoms with van der Waals surface area (Å²) < 4.78 is 0. The van der Waals surface area contributed by atoms with Gasteiger partial charge in [-0.3, -0.25) is 4.79 Å². The van der Waals surface area contributed by atoms with Gasteiger partial charge in [0.2, 0.25) is 0 Å². The lowest BCUT2D eigenvalue weighted by atomic mass is 9.55. The number of phenolic OH excluding ortho intramolecular Hbond substituents is 1. The van der Waals surface area contributed by atoms with Crippen LogP contribution in [-0.2, 0) is 11.2 Å². The molecule has 5 heteroatoms. The van der Waals surface area contributed by atoms with E-state index in [0.29, 0.717) is 17.6 Å². The van der Waals surface area contributed by atoms with E-state index in [-0.39, 0.29) is 17.6 Å². The van der Waals surface area contributed by atoms with Crippen molar-refractivity contribution in [2.75, 3.05) is 6.54 Å². The number of carboxylic acids is 1. The van der Waals surface area contributed by atoms with E-state index in [1.807, 2.05) is 12.1 Å². The highest BCUT2D eigenvalue weighted by Gasteiger charge is 2.54. The number of hydrogen-bond acceptors (Lipinski definition) is 4. The van der Waals surface area contributed by atoms with Gasteiger partial charge in [-0.25, -0.2) is 0 Å². The van der Waals surface area contributed by atoms with Crippen LogP contribution in [0.25, 0.3) is 0 Å². The van der Waals surface area contributed by atoms with Gasteiger partial charge in [0.1, 0.15) is 11.8 Å². The molecule has 154 valence electrons. The Bertz CT molecular complexity index is 729. The molecule has 0 bridgehead atoms. The molecule has 5 nitrogen and oxygen atoms in total. The fourth-order valence-corrected chi connectivity index (χ4v) is 6.44. The Balaban J connectivity index is 0.000000203. The van der Waals surface area contributed by atoms with Crippen LogP contribution in [0.2, 0.25) is 0 Å². The lowest BCUT2D eigenvalue weighted by Crippen LogP contribution is -2.43. The first-order chi connectivity index (χ1) is 13.4. The normalized spacial score (nSPS) is 38.6. The number of carboxylic acid groups (broad SMARTS) is 1. The van der Waals surface area contributed by atoms with Gasteiger partial charge in [-0.15, -0.1) is 0 Å². The van der Waals surface area contributed by atoms with Crippen LogP contribution in [0.1, 0.15) is 68.9 Å². The molecule has 2 saturated carbocycles. The van der Waals surface area contributed by atoms with Gasteiger partial charge in [0.05, 0.1) is 6.10 Å². The number of aryl methyl sites for hydroxylation is 1. The maximum Gasteiger partial charge on any atom is 0.320 e. The predicted octanol–water partition coefficient (Wildman–Crippen LogP) is 3.43. The van der Waals surface area contributed by atoms with Gasteiger partial charge >= 0.3 is 5.97 Å². The Morgan fingerprint density at radius 2 is 2.00 bits per heavy atom. The molecule has 1 aromatic carbocycles.